The second-order valence-electron chi connectivity index (χ2n) is 4.17. The lowest BCUT2D eigenvalue weighted by Gasteiger charge is -2.04. The molecule has 0 bridgehead atoms. The lowest BCUT2D eigenvalue weighted by atomic mass is 10.2. The van der Waals surface area contributed by atoms with Gasteiger partial charge in [-0.05, 0) is 17.7 Å². The Morgan fingerprint density at radius 2 is 2.00 bits per heavy atom. The zero-order valence-electron chi connectivity index (χ0n) is 11.1. The van der Waals surface area contributed by atoms with Crippen molar-refractivity contribution >= 4 is 11.8 Å². The van der Waals surface area contributed by atoms with Crippen LogP contribution in [0.2, 0.25) is 0 Å². The predicted molar refractivity (Wildman–Crippen MR) is 78.8 cm³/mol. The first-order valence-corrected chi connectivity index (χ1v) is 6.23. The first kappa shape index (κ1) is 14.3. The Labute approximate surface area is 121 Å². The van der Waals surface area contributed by atoms with E-state index in [1.807, 2.05) is 48.6 Å². The summed E-state index contributed by atoms with van der Waals surface area (Å²) < 4.78 is 5.45. The number of nitro benzene ring substituents is 1. The summed E-state index contributed by atoms with van der Waals surface area (Å²) in [5.74, 6) is 0.334. The monoisotopic (exact) mass is 280 g/mol. The van der Waals surface area contributed by atoms with Gasteiger partial charge in [0.15, 0.2) is 0 Å². The van der Waals surface area contributed by atoms with E-state index in [9.17, 15) is 10.1 Å². The third-order valence-corrected chi connectivity index (χ3v) is 2.74. The number of hydrogen-bond acceptors (Lipinski definition) is 4. The molecule has 2 aromatic carbocycles. The summed E-state index contributed by atoms with van der Waals surface area (Å²) in [6, 6.07) is 15.6. The molecule has 0 heterocycles. The maximum absolute atomic E-state index is 10.6. The van der Waals surface area contributed by atoms with Gasteiger partial charge in [-0.3, -0.25) is 10.1 Å². The highest BCUT2D eigenvalue weighted by molar-refractivity contribution is 5.51. The highest BCUT2D eigenvalue weighted by Gasteiger charge is 2.10. The van der Waals surface area contributed by atoms with Crippen molar-refractivity contribution in [3.63, 3.8) is 0 Å². The molecule has 0 aliphatic rings. The molecule has 0 aromatic heterocycles. The molecule has 0 spiro atoms. The molecular weight excluding hydrogens is 268 g/mol. The van der Waals surface area contributed by atoms with E-state index in [0.29, 0.717) is 5.75 Å². The molecular formula is C16H12N2O3. The molecule has 0 amide bonds. The lowest BCUT2D eigenvalue weighted by molar-refractivity contribution is -0.384. The Bertz CT molecular complexity index is 703. The molecule has 2 rings (SSSR count). The standard InChI is InChI=1S/C16H12N2O3/c17-12-14-11-15(18(19)20)8-9-16(14)21-10-4-7-13-5-2-1-3-6-13/h1-9,11H,10H2/b7-4+. The van der Waals surface area contributed by atoms with Gasteiger partial charge in [0.25, 0.3) is 5.69 Å². The molecule has 2 aromatic rings. The van der Waals surface area contributed by atoms with Crippen molar-refractivity contribution < 1.29 is 9.66 Å². The van der Waals surface area contributed by atoms with E-state index < -0.39 is 4.92 Å². The number of nitrogens with zero attached hydrogens (tertiary/aromatic N) is 2. The van der Waals surface area contributed by atoms with E-state index in [4.69, 9.17) is 10.00 Å². The summed E-state index contributed by atoms with van der Waals surface area (Å²) in [7, 11) is 0. The number of benzene rings is 2. The number of rotatable bonds is 5. The van der Waals surface area contributed by atoms with Crippen molar-refractivity contribution in [2.45, 2.75) is 0 Å². The van der Waals surface area contributed by atoms with Crippen LogP contribution in [-0.2, 0) is 0 Å². The second-order valence-corrected chi connectivity index (χ2v) is 4.17. The van der Waals surface area contributed by atoms with Crippen molar-refractivity contribution in [3.05, 3.63) is 75.8 Å². The first-order chi connectivity index (χ1) is 10.2. The summed E-state index contributed by atoms with van der Waals surface area (Å²) in [6.07, 6.45) is 3.72. The van der Waals surface area contributed by atoms with E-state index in [1.165, 1.54) is 18.2 Å². The molecule has 0 fully saturated rings. The van der Waals surface area contributed by atoms with E-state index in [0.717, 1.165) is 5.56 Å². The van der Waals surface area contributed by atoms with Crippen LogP contribution in [0.3, 0.4) is 0 Å². The van der Waals surface area contributed by atoms with Gasteiger partial charge in [0, 0.05) is 12.1 Å². The Kier molecular flexibility index (Phi) is 4.67. The van der Waals surface area contributed by atoms with Gasteiger partial charge in [0.2, 0.25) is 0 Å². The Balaban J connectivity index is 2.02. The molecule has 0 radical (unpaired) electrons. The van der Waals surface area contributed by atoms with Crippen LogP contribution in [-0.4, -0.2) is 11.5 Å². The van der Waals surface area contributed by atoms with Gasteiger partial charge >= 0.3 is 0 Å². The lowest BCUT2D eigenvalue weighted by Crippen LogP contribution is -1.97. The van der Waals surface area contributed by atoms with Crippen LogP contribution in [0.25, 0.3) is 6.08 Å². The van der Waals surface area contributed by atoms with Crippen LogP contribution >= 0.6 is 0 Å². The van der Waals surface area contributed by atoms with Crippen molar-refractivity contribution in [1.82, 2.24) is 0 Å². The molecule has 5 heteroatoms. The average Bonchev–Trinajstić information content (AvgIpc) is 2.52. The van der Waals surface area contributed by atoms with Crippen LogP contribution in [0.5, 0.6) is 5.75 Å². The van der Waals surface area contributed by atoms with Gasteiger partial charge in [-0.2, -0.15) is 5.26 Å². The SMILES string of the molecule is N#Cc1cc([N+](=O)[O-])ccc1OC/C=C/c1ccccc1. The van der Waals surface area contributed by atoms with Crippen molar-refractivity contribution in [2.24, 2.45) is 0 Å². The Morgan fingerprint density at radius 3 is 2.67 bits per heavy atom. The summed E-state index contributed by atoms with van der Waals surface area (Å²) in [6.45, 7) is 0.279. The largest absolute Gasteiger partial charge is 0.488 e. The van der Waals surface area contributed by atoms with Crippen LogP contribution in [0.1, 0.15) is 11.1 Å². The maximum Gasteiger partial charge on any atom is 0.271 e. The minimum absolute atomic E-state index is 0.126. The highest BCUT2D eigenvalue weighted by Crippen LogP contribution is 2.23. The van der Waals surface area contributed by atoms with Crippen molar-refractivity contribution in [3.8, 4) is 11.8 Å². The highest BCUT2D eigenvalue weighted by atomic mass is 16.6. The van der Waals surface area contributed by atoms with Gasteiger partial charge in [-0.1, -0.05) is 36.4 Å². The average molecular weight is 280 g/mol. The summed E-state index contributed by atoms with van der Waals surface area (Å²) >= 11 is 0. The van der Waals surface area contributed by atoms with Gasteiger partial charge in [-0.15, -0.1) is 0 Å². The number of hydrogen-bond donors (Lipinski definition) is 0. The van der Waals surface area contributed by atoms with Crippen LogP contribution in [0.15, 0.2) is 54.6 Å². The van der Waals surface area contributed by atoms with Gasteiger partial charge in [0.1, 0.15) is 24.0 Å². The fourth-order valence-electron chi connectivity index (χ4n) is 1.73. The molecule has 0 unspecified atom stereocenters. The van der Waals surface area contributed by atoms with E-state index in [-0.39, 0.29) is 17.9 Å². The zero-order valence-corrected chi connectivity index (χ0v) is 11.1. The summed E-state index contributed by atoms with van der Waals surface area (Å²) in [5.41, 5.74) is 1.07. The van der Waals surface area contributed by atoms with Gasteiger partial charge < -0.3 is 4.74 Å². The molecule has 0 saturated heterocycles. The van der Waals surface area contributed by atoms with E-state index in [2.05, 4.69) is 0 Å². The molecule has 21 heavy (non-hydrogen) atoms. The normalized spacial score (nSPS) is 10.2. The third-order valence-electron chi connectivity index (χ3n) is 2.74. The minimum atomic E-state index is -0.542. The zero-order chi connectivity index (χ0) is 15.1. The van der Waals surface area contributed by atoms with Crippen molar-refractivity contribution in [2.75, 3.05) is 6.61 Å². The van der Waals surface area contributed by atoms with Crippen LogP contribution < -0.4 is 4.74 Å². The molecule has 0 aliphatic heterocycles. The van der Waals surface area contributed by atoms with Crippen molar-refractivity contribution in [1.29, 1.82) is 5.26 Å². The molecule has 0 atom stereocenters. The van der Waals surface area contributed by atoms with Crippen LogP contribution in [0, 0.1) is 21.4 Å². The van der Waals surface area contributed by atoms with E-state index in [1.54, 1.807) is 0 Å². The minimum Gasteiger partial charge on any atom is -0.488 e. The fraction of sp³-hybridized carbons (Fsp3) is 0.0625. The fourth-order valence-corrected chi connectivity index (χ4v) is 1.73. The van der Waals surface area contributed by atoms with Gasteiger partial charge in [0.05, 0.1) is 4.92 Å². The topological polar surface area (TPSA) is 76.2 Å². The maximum atomic E-state index is 10.6. The second kappa shape index (κ2) is 6.87. The molecule has 104 valence electrons. The smallest absolute Gasteiger partial charge is 0.271 e. The first-order valence-electron chi connectivity index (χ1n) is 6.23. The summed E-state index contributed by atoms with van der Waals surface area (Å²) in [5, 5.41) is 19.6. The molecule has 0 aliphatic carbocycles. The third kappa shape index (κ3) is 3.91. The Morgan fingerprint density at radius 1 is 1.24 bits per heavy atom. The molecule has 0 N–H and O–H groups in total. The predicted octanol–water partition coefficient (Wildman–Crippen LogP) is 3.56. The number of non-ortho nitro benzene ring substituents is 1. The number of nitro groups is 1. The quantitative estimate of drug-likeness (QED) is 0.619. The number of ether oxygens (including phenoxy) is 1. The van der Waals surface area contributed by atoms with Crippen LogP contribution in [0.4, 0.5) is 5.69 Å². The van der Waals surface area contributed by atoms with Gasteiger partial charge in [-0.25, -0.2) is 0 Å². The number of nitriles is 1. The van der Waals surface area contributed by atoms with E-state index >= 15 is 0 Å². The molecule has 5 nitrogen and oxygen atoms in total. The molecule has 0 saturated carbocycles. The summed E-state index contributed by atoms with van der Waals surface area (Å²) in [4.78, 5) is 10.1. The Hall–Kier alpha value is -3.13.